The molecule has 0 radical (unpaired) electrons. The molecule has 3 aromatic rings. The number of ketones is 1. The molecule has 4 nitrogen and oxygen atoms in total. The van der Waals surface area contributed by atoms with Gasteiger partial charge in [0.15, 0.2) is 5.78 Å². The Kier molecular flexibility index (Phi) is 5.04. The van der Waals surface area contributed by atoms with Gasteiger partial charge in [-0.1, -0.05) is 6.07 Å². The Hall–Kier alpha value is -2.73. The Morgan fingerprint density at radius 3 is 2.38 bits per heavy atom. The maximum Gasteiger partial charge on any atom is 0.275 e. The van der Waals surface area contributed by atoms with Crippen molar-refractivity contribution in [2.45, 2.75) is 27.3 Å². The molecular weight excluding hydrogens is 351 g/mol. The largest absolute Gasteiger partial charge is 0.354 e. The van der Waals surface area contributed by atoms with Crippen LogP contribution in [0.25, 0.3) is 0 Å². The lowest BCUT2D eigenvalue weighted by Crippen LogP contribution is -2.31. The van der Waals surface area contributed by atoms with E-state index in [4.69, 9.17) is 0 Å². The first-order valence-corrected chi connectivity index (χ1v) is 9.06. The molecule has 1 aromatic carbocycles. The number of thiophene rings is 1. The zero-order chi connectivity index (χ0) is 18.8. The topological polar surface area (TPSA) is 53.2 Å². The van der Waals surface area contributed by atoms with Gasteiger partial charge in [-0.05, 0) is 62.0 Å². The molecule has 0 aliphatic carbocycles. The molecule has 0 atom stereocenters. The number of nitrogens with zero attached hydrogens (tertiary/aromatic N) is 1. The third-order valence-electron chi connectivity index (χ3n) is 4.28. The summed E-state index contributed by atoms with van der Waals surface area (Å²) in [6.45, 7) is 5.40. The summed E-state index contributed by atoms with van der Waals surface area (Å²) in [6, 6.07) is 9.69. The molecule has 0 spiro atoms. The van der Waals surface area contributed by atoms with Crippen LogP contribution < -0.4 is 4.90 Å². The van der Waals surface area contributed by atoms with Gasteiger partial charge in [-0.15, -0.1) is 11.3 Å². The molecular formula is C20H19FN2O2S. The summed E-state index contributed by atoms with van der Waals surface area (Å²) in [5.41, 5.74) is 2.84. The first-order chi connectivity index (χ1) is 12.4. The van der Waals surface area contributed by atoms with Gasteiger partial charge in [-0.3, -0.25) is 9.59 Å². The van der Waals surface area contributed by atoms with E-state index < -0.39 is 0 Å². The van der Waals surface area contributed by atoms with Crippen LogP contribution in [-0.4, -0.2) is 16.7 Å². The smallest absolute Gasteiger partial charge is 0.275 e. The van der Waals surface area contributed by atoms with E-state index in [9.17, 15) is 14.0 Å². The van der Waals surface area contributed by atoms with Crippen molar-refractivity contribution < 1.29 is 14.0 Å². The average molecular weight is 370 g/mol. The van der Waals surface area contributed by atoms with Crippen molar-refractivity contribution in [1.29, 1.82) is 0 Å². The quantitative estimate of drug-likeness (QED) is 0.651. The van der Waals surface area contributed by atoms with Gasteiger partial charge in [0, 0.05) is 21.8 Å². The van der Waals surface area contributed by atoms with E-state index in [2.05, 4.69) is 4.98 Å². The number of aromatic amines is 1. The summed E-state index contributed by atoms with van der Waals surface area (Å²) in [5.74, 6) is -0.692. The van der Waals surface area contributed by atoms with E-state index in [1.54, 1.807) is 42.2 Å². The lowest BCUT2D eigenvalue weighted by molar-refractivity contribution is 0.0980. The Labute approximate surface area is 155 Å². The van der Waals surface area contributed by atoms with Crippen LogP contribution >= 0.6 is 11.3 Å². The van der Waals surface area contributed by atoms with Crippen LogP contribution in [0.1, 0.15) is 43.9 Å². The van der Waals surface area contributed by atoms with Crippen molar-refractivity contribution in [1.82, 2.24) is 4.98 Å². The molecule has 3 rings (SSSR count). The number of aryl methyl sites for hydroxylation is 1. The summed E-state index contributed by atoms with van der Waals surface area (Å²) in [7, 11) is 0. The predicted molar refractivity (Wildman–Crippen MR) is 102 cm³/mol. The van der Waals surface area contributed by atoms with Crippen molar-refractivity contribution in [2.75, 3.05) is 4.90 Å². The summed E-state index contributed by atoms with van der Waals surface area (Å²) in [5, 5.41) is 1.94. The molecule has 0 aliphatic heterocycles. The van der Waals surface area contributed by atoms with Crippen molar-refractivity contribution >= 4 is 28.7 Å². The number of amides is 1. The fourth-order valence-corrected chi connectivity index (χ4v) is 3.78. The van der Waals surface area contributed by atoms with Crippen LogP contribution in [-0.2, 0) is 6.54 Å². The van der Waals surface area contributed by atoms with Gasteiger partial charge >= 0.3 is 0 Å². The second-order valence-corrected chi connectivity index (χ2v) is 7.16. The fraction of sp³-hybridized carbons (Fsp3) is 0.200. The number of H-pyrrole nitrogens is 1. The second-order valence-electron chi connectivity index (χ2n) is 6.13. The van der Waals surface area contributed by atoms with Crippen LogP contribution in [0.2, 0.25) is 0 Å². The number of hydrogen-bond acceptors (Lipinski definition) is 3. The molecule has 2 heterocycles. The van der Waals surface area contributed by atoms with E-state index in [-0.39, 0.29) is 17.5 Å². The van der Waals surface area contributed by atoms with E-state index in [0.717, 1.165) is 4.88 Å². The average Bonchev–Trinajstić information content (AvgIpc) is 3.20. The first-order valence-electron chi connectivity index (χ1n) is 8.18. The van der Waals surface area contributed by atoms with Crippen molar-refractivity contribution in [2.24, 2.45) is 0 Å². The molecule has 2 aromatic heterocycles. The highest BCUT2D eigenvalue weighted by molar-refractivity contribution is 7.09. The predicted octanol–water partition coefficient (Wildman–Crippen LogP) is 4.88. The molecule has 26 heavy (non-hydrogen) atoms. The molecule has 0 fully saturated rings. The lowest BCUT2D eigenvalue weighted by Gasteiger charge is -2.22. The van der Waals surface area contributed by atoms with E-state index >= 15 is 0 Å². The summed E-state index contributed by atoms with van der Waals surface area (Å²) >= 11 is 1.55. The summed E-state index contributed by atoms with van der Waals surface area (Å²) in [6.07, 6.45) is 0. The van der Waals surface area contributed by atoms with Crippen LogP contribution in [0, 0.1) is 19.7 Å². The number of hydrogen-bond donors (Lipinski definition) is 1. The zero-order valence-electron chi connectivity index (χ0n) is 14.8. The number of carbonyl (C=O) groups excluding carboxylic acids is 2. The molecule has 134 valence electrons. The third-order valence-corrected chi connectivity index (χ3v) is 5.14. The normalized spacial score (nSPS) is 10.8. The Bertz CT molecular complexity index is 943. The van der Waals surface area contributed by atoms with Crippen LogP contribution in [0.4, 0.5) is 10.1 Å². The number of benzene rings is 1. The van der Waals surface area contributed by atoms with Gasteiger partial charge in [0.2, 0.25) is 0 Å². The van der Waals surface area contributed by atoms with Gasteiger partial charge in [0.05, 0.1) is 6.54 Å². The van der Waals surface area contributed by atoms with Gasteiger partial charge in [0.25, 0.3) is 5.91 Å². The van der Waals surface area contributed by atoms with E-state index in [1.807, 2.05) is 17.5 Å². The maximum atomic E-state index is 13.3. The first kappa shape index (κ1) is 18.1. The van der Waals surface area contributed by atoms with Crippen molar-refractivity contribution in [3.8, 4) is 0 Å². The minimum absolute atomic E-state index is 0.0816. The summed E-state index contributed by atoms with van der Waals surface area (Å²) < 4.78 is 13.3. The number of aromatic nitrogens is 1. The van der Waals surface area contributed by atoms with Crippen LogP contribution in [0.3, 0.4) is 0 Å². The summed E-state index contributed by atoms with van der Waals surface area (Å²) in [4.78, 5) is 30.8. The number of carbonyl (C=O) groups is 2. The lowest BCUT2D eigenvalue weighted by atomic mass is 10.1. The zero-order valence-corrected chi connectivity index (χ0v) is 15.6. The minimum atomic E-state index is -0.358. The van der Waals surface area contributed by atoms with Gasteiger partial charge in [-0.25, -0.2) is 4.39 Å². The standard InChI is InChI=1S/C20H19FN2O2S/c1-12-18(14(3)24)13(2)22-19(12)20(25)23(11-17-5-4-10-26-17)16-8-6-15(21)7-9-16/h4-10,22H,11H2,1-3H3. The highest BCUT2D eigenvalue weighted by Gasteiger charge is 2.25. The van der Waals surface area contributed by atoms with Gasteiger partial charge < -0.3 is 9.88 Å². The number of halogens is 1. The SMILES string of the molecule is CC(=O)c1c(C)[nH]c(C(=O)N(Cc2cccs2)c2ccc(F)cc2)c1C. The van der Waals surface area contributed by atoms with Gasteiger partial charge in [-0.2, -0.15) is 0 Å². The Morgan fingerprint density at radius 2 is 1.85 bits per heavy atom. The Balaban J connectivity index is 2.04. The number of rotatable bonds is 5. The molecule has 1 N–H and O–H groups in total. The second kappa shape index (κ2) is 7.25. The Morgan fingerprint density at radius 1 is 1.15 bits per heavy atom. The molecule has 0 saturated carbocycles. The fourth-order valence-electron chi connectivity index (χ4n) is 3.09. The molecule has 0 saturated heterocycles. The van der Waals surface area contributed by atoms with Crippen molar-refractivity contribution in [3.05, 3.63) is 75.0 Å². The number of nitrogens with one attached hydrogen (secondary N) is 1. The molecule has 1 amide bonds. The molecule has 0 bridgehead atoms. The molecule has 6 heteroatoms. The van der Waals surface area contributed by atoms with Crippen LogP contribution in [0.5, 0.6) is 0 Å². The van der Waals surface area contributed by atoms with Gasteiger partial charge in [0.1, 0.15) is 11.5 Å². The maximum absolute atomic E-state index is 13.3. The number of anilines is 1. The van der Waals surface area contributed by atoms with E-state index in [1.165, 1.54) is 19.1 Å². The van der Waals surface area contributed by atoms with Crippen molar-refractivity contribution in [3.63, 3.8) is 0 Å². The number of Topliss-reactive ketones (excluding diaryl/α,β-unsaturated/α-hetero) is 1. The highest BCUT2D eigenvalue weighted by atomic mass is 32.1. The molecule has 0 aliphatic rings. The van der Waals surface area contributed by atoms with Crippen LogP contribution in [0.15, 0.2) is 41.8 Å². The minimum Gasteiger partial charge on any atom is -0.354 e. The third kappa shape index (κ3) is 3.46. The monoisotopic (exact) mass is 370 g/mol. The highest BCUT2D eigenvalue weighted by Crippen LogP contribution is 2.25. The molecule has 0 unspecified atom stereocenters. The van der Waals surface area contributed by atoms with E-state index in [0.29, 0.717) is 34.7 Å².